The third kappa shape index (κ3) is 4.95. The summed E-state index contributed by atoms with van der Waals surface area (Å²) in [5.41, 5.74) is 0.00158. The van der Waals surface area contributed by atoms with Crippen LogP contribution in [0.15, 0.2) is 22.7 Å². The molecule has 6 heteroatoms. The first-order chi connectivity index (χ1) is 7.79. The predicted molar refractivity (Wildman–Crippen MR) is 67.4 cm³/mol. The van der Waals surface area contributed by atoms with Crippen molar-refractivity contribution in [2.75, 3.05) is 12.0 Å². The largest absolute Gasteiger partial charge is 0.294 e. The molecule has 0 spiro atoms. The van der Waals surface area contributed by atoms with Crippen molar-refractivity contribution in [2.45, 2.75) is 12.8 Å². The van der Waals surface area contributed by atoms with Gasteiger partial charge in [-0.05, 0) is 24.6 Å². The number of Topliss-reactive ketones (excluding diaryl/α,β-unsaturated/α-hetero) is 1. The second-order valence-corrected chi connectivity index (χ2v) is 6.96. The summed E-state index contributed by atoms with van der Waals surface area (Å²) in [6.45, 7) is 0. The highest BCUT2D eigenvalue weighted by molar-refractivity contribution is 9.10. The Morgan fingerprint density at radius 3 is 2.59 bits per heavy atom. The second-order valence-electron chi connectivity index (χ2n) is 3.78. The molecule has 0 fully saturated rings. The van der Waals surface area contributed by atoms with Gasteiger partial charge in [-0.2, -0.15) is 0 Å². The van der Waals surface area contributed by atoms with Gasteiger partial charge in [0.1, 0.15) is 15.7 Å². The first-order valence-corrected chi connectivity index (χ1v) is 7.81. The van der Waals surface area contributed by atoms with Gasteiger partial charge in [0.2, 0.25) is 0 Å². The van der Waals surface area contributed by atoms with Crippen molar-refractivity contribution in [3.63, 3.8) is 0 Å². The SMILES string of the molecule is CS(=O)(=O)CCCC(=O)c1ccc(Br)cc1F. The highest BCUT2D eigenvalue weighted by atomic mass is 79.9. The van der Waals surface area contributed by atoms with Crippen molar-refractivity contribution in [3.8, 4) is 0 Å². The molecule has 0 saturated heterocycles. The molecule has 0 heterocycles. The van der Waals surface area contributed by atoms with E-state index < -0.39 is 15.7 Å². The maximum atomic E-state index is 13.4. The fourth-order valence-electron chi connectivity index (χ4n) is 1.35. The maximum Gasteiger partial charge on any atom is 0.165 e. The zero-order valence-electron chi connectivity index (χ0n) is 9.24. The van der Waals surface area contributed by atoms with Gasteiger partial charge in [0.25, 0.3) is 0 Å². The first kappa shape index (κ1) is 14.3. The summed E-state index contributed by atoms with van der Waals surface area (Å²) in [6, 6.07) is 4.18. The summed E-state index contributed by atoms with van der Waals surface area (Å²) in [7, 11) is -3.07. The van der Waals surface area contributed by atoms with Gasteiger partial charge in [-0.1, -0.05) is 15.9 Å². The van der Waals surface area contributed by atoms with Crippen molar-refractivity contribution in [1.29, 1.82) is 0 Å². The first-order valence-electron chi connectivity index (χ1n) is 4.95. The molecule has 0 radical (unpaired) electrons. The van der Waals surface area contributed by atoms with Gasteiger partial charge in [0, 0.05) is 17.1 Å². The Bertz CT molecular complexity index is 526. The Kier molecular flexibility index (Phi) is 4.82. The lowest BCUT2D eigenvalue weighted by Gasteiger charge is -2.02. The quantitative estimate of drug-likeness (QED) is 0.783. The van der Waals surface area contributed by atoms with Crippen LogP contribution in [-0.2, 0) is 9.84 Å². The van der Waals surface area contributed by atoms with Crippen molar-refractivity contribution in [2.24, 2.45) is 0 Å². The number of ketones is 1. The van der Waals surface area contributed by atoms with E-state index in [1.54, 1.807) is 6.07 Å². The summed E-state index contributed by atoms with van der Waals surface area (Å²) in [6.07, 6.45) is 1.36. The minimum absolute atomic E-state index is 0.00158. The average molecular weight is 323 g/mol. The molecule has 1 aromatic carbocycles. The van der Waals surface area contributed by atoms with E-state index in [-0.39, 0.29) is 29.9 Å². The fourth-order valence-corrected chi connectivity index (χ4v) is 2.35. The number of sulfone groups is 1. The molecule has 17 heavy (non-hydrogen) atoms. The van der Waals surface area contributed by atoms with E-state index in [0.717, 1.165) is 6.26 Å². The Hall–Kier alpha value is -0.750. The third-order valence-corrected chi connectivity index (χ3v) is 3.67. The molecule has 0 amide bonds. The molecule has 0 bridgehead atoms. The molecule has 1 aromatic rings. The van der Waals surface area contributed by atoms with Gasteiger partial charge in [0.05, 0.1) is 11.3 Å². The Morgan fingerprint density at radius 2 is 2.06 bits per heavy atom. The van der Waals surface area contributed by atoms with Crippen LogP contribution in [0.2, 0.25) is 0 Å². The minimum Gasteiger partial charge on any atom is -0.294 e. The number of carbonyl (C=O) groups excluding carboxylic acids is 1. The summed E-state index contributed by atoms with van der Waals surface area (Å²) in [4.78, 5) is 11.6. The Morgan fingerprint density at radius 1 is 1.41 bits per heavy atom. The van der Waals surface area contributed by atoms with E-state index in [9.17, 15) is 17.6 Å². The summed E-state index contributed by atoms with van der Waals surface area (Å²) in [5.74, 6) is -1.03. The number of halogens is 2. The van der Waals surface area contributed by atoms with Crippen LogP contribution >= 0.6 is 15.9 Å². The molecule has 0 aliphatic heterocycles. The van der Waals surface area contributed by atoms with Crippen molar-refractivity contribution < 1.29 is 17.6 Å². The van der Waals surface area contributed by atoms with E-state index in [0.29, 0.717) is 4.47 Å². The molecule has 0 atom stereocenters. The Labute approximate surface area is 108 Å². The van der Waals surface area contributed by atoms with Crippen molar-refractivity contribution in [1.82, 2.24) is 0 Å². The highest BCUT2D eigenvalue weighted by Crippen LogP contribution is 2.17. The molecule has 0 aliphatic carbocycles. The molecule has 0 N–H and O–H groups in total. The average Bonchev–Trinajstić information content (AvgIpc) is 2.15. The van der Waals surface area contributed by atoms with E-state index in [4.69, 9.17) is 0 Å². The summed E-state index contributed by atoms with van der Waals surface area (Å²) in [5, 5.41) is 0. The molecule has 94 valence electrons. The molecular weight excluding hydrogens is 311 g/mol. The van der Waals surface area contributed by atoms with E-state index in [2.05, 4.69) is 15.9 Å². The highest BCUT2D eigenvalue weighted by Gasteiger charge is 2.12. The summed E-state index contributed by atoms with van der Waals surface area (Å²) < 4.78 is 35.7. The fraction of sp³-hybridized carbons (Fsp3) is 0.364. The van der Waals surface area contributed by atoms with E-state index >= 15 is 0 Å². The lowest BCUT2D eigenvalue weighted by atomic mass is 10.1. The standard InChI is InChI=1S/C11H12BrFO3S/c1-17(15,16)6-2-3-11(14)9-5-4-8(12)7-10(9)13/h4-5,7H,2-3,6H2,1H3. The number of benzene rings is 1. The van der Waals surface area contributed by atoms with Crippen LogP contribution in [0, 0.1) is 5.82 Å². The normalized spacial score (nSPS) is 11.5. The molecule has 1 rings (SSSR count). The topological polar surface area (TPSA) is 51.2 Å². The van der Waals surface area contributed by atoms with Crippen LogP contribution in [0.4, 0.5) is 4.39 Å². The van der Waals surface area contributed by atoms with Crippen LogP contribution in [0.25, 0.3) is 0 Å². The Balaban J connectivity index is 2.65. The van der Waals surface area contributed by atoms with Gasteiger partial charge in [-0.15, -0.1) is 0 Å². The number of carbonyl (C=O) groups is 1. The van der Waals surface area contributed by atoms with Gasteiger partial charge >= 0.3 is 0 Å². The monoisotopic (exact) mass is 322 g/mol. The smallest absolute Gasteiger partial charge is 0.165 e. The molecule has 0 unspecified atom stereocenters. The van der Waals surface area contributed by atoms with Crippen LogP contribution in [0.3, 0.4) is 0 Å². The van der Waals surface area contributed by atoms with E-state index in [1.165, 1.54) is 12.1 Å². The van der Waals surface area contributed by atoms with Gasteiger partial charge < -0.3 is 0 Å². The molecule has 0 aliphatic rings. The van der Waals surface area contributed by atoms with Crippen LogP contribution in [0.5, 0.6) is 0 Å². The molecular formula is C11H12BrFO3S. The third-order valence-electron chi connectivity index (χ3n) is 2.15. The van der Waals surface area contributed by atoms with Crippen LogP contribution < -0.4 is 0 Å². The van der Waals surface area contributed by atoms with Crippen LogP contribution in [0.1, 0.15) is 23.2 Å². The number of rotatable bonds is 5. The summed E-state index contributed by atoms with van der Waals surface area (Å²) >= 11 is 3.09. The second kappa shape index (κ2) is 5.73. The lowest BCUT2D eigenvalue weighted by molar-refractivity contribution is 0.0978. The zero-order chi connectivity index (χ0) is 13.1. The predicted octanol–water partition coefficient (Wildman–Crippen LogP) is 2.60. The zero-order valence-corrected chi connectivity index (χ0v) is 11.6. The van der Waals surface area contributed by atoms with Crippen molar-refractivity contribution in [3.05, 3.63) is 34.1 Å². The van der Waals surface area contributed by atoms with Gasteiger partial charge in [0.15, 0.2) is 5.78 Å². The number of hydrogen-bond donors (Lipinski definition) is 0. The number of hydrogen-bond acceptors (Lipinski definition) is 3. The van der Waals surface area contributed by atoms with Crippen LogP contribution in [-0.4, -0.2) is 26.2 Å². The van der Waals surface area contributed by atoms with E-state index in [1.807, 2.05) is 0 Å². The maximum absolute atomic E-state index is 13.4. The molecule has 0 aromatic heterocycles. The van der Waals surface area contributed by atoms with Crippen molar-refractivity contribution >= 4 is 31.6 Å². The molecule has 3 nitrogen and oxygen atoms in total. The lowest BCUT2D eigenvalue weighted by Crippen LogP contribution is -2.07. The van der Waals surface area contributed by atoms with Gasteiger partial charge in [-0.3, -0.25) is 4.79 Å². The molecule has 0 saturated carbocycles. The minimum atomic E-state index is -3.07. The van der Waals surface area contributed by atoms with Gasteiger partial charge in [-0.25, -0.2) is 12.8 Å².